The predicted molar refractivity (Wildman–Crippen MR) is 82.5 cm³/mol. The number of methoxy groups -OCH3 is 1. The molecule has 1 atom stereocenters. The van der Waals surface area contributed by atoms with Crippen molar-refractivity contribution in [3.8, 4) is 0 Å². The molecule has 1 N–H and O–H groups in total. The number of benzene rings is 1. The fourth-order valence-electron chi connectivity index (χ4n) is 2.73. The standard InChI is InChI=1S/C16H22N2O4/c1-22-16(21)14(8-12-19)18-11-10-17(9-7-15(18)20)13-5-3-2-4-6-13/h2-6,14,19H,7-12H2,1H3/t14-/m0/s1. The van der Waals surface area contributed by atoms with Gasteiger partial charge in [-0.2, -0.15) is 0 Å². The zero-order chi connectivity index (χ0) is 15.9. The summed E-state index contributed by atoms with van der Waals surface area (Å²) in [6.45, 7) is 1.54. The minimum atomic E-state index is -0.710. The van der Waals surface area contributed by atoms with Gasteiger partial charge in [-0.05, 0) is 12.1 Å². The van der Waals surface area contributed by atoms with Crippen LogP contribution in [0, 0.1) is 0 Å². The fraction of sp³-hybridized carbons (Fsp3) is 0.500. The van der Waals surface area contributed by atoms with Crippen molar-refractivity contribution in [3.05, 3.63) is 30.3 Å². The highest BCUT2D eigenvalue weighted by atomic mass is 16.5. The average molecular weight is 306 g/mol. The Labute approximate surface area is 130 Å². The van der Waals surface area contributed by atoms with Crippen molar-refractivity contribution in [1.29, 1.82) is 0 Å². The van der Waals surface area contributed by atoms with Gasteiger partial charge in [0.15, 0.2) is 0 Å². The van der Waals surface area contributed by atoms with Crippen LogP contribution in [0.15, 0.2) is 30.3 Å². The number of anilines is 1. The third-order valence-electron chi connectivity index (χ3n) is 3.90. The largest absolute Gasteiger partial charge is 0.467 e. The van der Waals surface area contributed by atoms with Gasteiger partial charge in [-0.15, -0.1) is 0 Å². The zero-order valence-corrected chi connectivity index (χ0v) is 12.8. The van der Waals surface area contributed by atoms with Crippen LogP contribution in [-0.2, 0) is 14.3 Å². The summed E-state index contributed by atoms with van der Waals surface area (Å²) in [7, 11) is 1.30. The van der Waals surface area contributed by atoms with Gasteiger partial charge in [-0.25, -0.2) is 4.79 Å². The summed E-state index contributed by atoms with van der Waals surface area (Å²) in [5.41, 5.74) is 1.06. The summed E-state index contributed by atoms with van der Waals surface area (Å²) in [5.74, 6) is -0.558. The molecule has 1 amide bonds. The smallest absolute Gasteiger partial charge is 0.328 e. The van der Waals surface area contributed by atoms with Crippen molar-refractivity contribution in [1.82, 2.24) is 4.90 Å². The number of aliphatic hydroxyl groups excluding tert-OH is 1. The molecule has 1 fully saturated rings. The predicted octanol–water partition coefficient (Wildman–Crippen LogP) is 0.649. The topological polar surface area (TPSA) is 70.1 Å². The number of esters is 1. The Morgan fingerprint density at radius 1 is 1.27 bits per heavy atom. The average Bonchev–Trinajstić information content (AvgIpc) is 2.75. The van der Waals surface area contributed by atoms with Crippen LogP contribution in [-0.4, -0.2) is 61.3 Å². The van der Waals surface area contributed by atoms with Gasteiger partial charge in [0.25, 0.3) is 0 Å². The lowest BCUT2D eigenvalue weighted by molar-refractivity contribution is -0.153. The van der Waals surface area contributed by atoms with Gasteiger partial charge in [0.05, 0.1) is 7.11 Å². The number of ether oxygens (including phenoxy) is 1. The van der Waals surface area contributed by atoms with Crippen molar-refractivity contribution < 1.29 is 19.4 Å². The minimum Gasteiger partial charge on any atom is -0.467 e. The van der Waals surface area contributed by atoms with E-state index < -0.39 is 12.0 Å². The van der Waals surface area contributed by atoms with Gasteiger partial charge in [0.1, 0.15) is 6.04 Å². The Bertz CT molecular complexity index is 506. The number of carbonyl (C=O) groups excluding carboxylic acids is 2. The number of hydrogen-bond donors (Lipinski definition) is 1. The number of nitrogens with zero attached hydrogens (tertiary/aromatic N) is 2. The van der Waals surface area contributed by atoms with Crippen LogP contribution >= 0.6 is 0 Å². The van der Waals surface area contributed by atoms with Crippen LogP contribution in [0.4, 0.5) is 5.69 Å². The van der Waals surface area contributed by atoms with E-state index >= 15 is 0 Å². The number of aliphatic hydroxyl groups is 1. The van der Waals surface area contributed by atoms with E-state index in [1.165, 1.54) is 12.0 Å². The first-order chi connectivity index (χ1) is 10.7. The first kappa shape index (κ1) is 16.3. The van der Waals surface area contributed by atoms with Gasteiger partial charge in [0.2, 0.25) is 5.91 Å². The normalized spacial score (nSPS) is 17.1. The molecule has 120 valence electrons. The number of hydrogen-bond acceptors (Lipinski definition) is 5. The molecule has 0 spiro atoms. The van der Waals surface area contributed by atoms with Crippen molar-refractivity contribution >= 4 is 17.6 Å². The van der Waals surface area contributed by atoms with Gasteiger partial charge in [-0.1, -0.05) is 18.2 Å². The van der Waals surface area contributed by atoms with Crippen LogP contribution < -0.4 is 4.90 Å². The van der Waals surface area contributed by atoms with Gasteiger partial charge in [0, 0.05) is 44.8 Å². The molecule has 0 unspecified atom stereocenters. The molecule has 0 radical (unpaired) electrons. The lowest BCUT2D eigenvalue weighted by atomic mass is 10.1. The molecule has 1 aromatic rings. The van der Waals surface area contributed by atoms with Crippen molar-refractivity contribution in [2.45, 2.75) is 18.9 Å². The lowest BCUT2D eigenvalue weighted by Gasteiger charge is -2.28. The van der Waals surface area contributed by atoms with Crippen molar-refractivity contribution in [3.63, 3.8) is 0 Å². The molecule has 1 aliphatic heterocycles. The first-order valence-corrected chi connectivity index (χ1v) is 7.45. The molecule has 1 heterocycles. The second-order valence-corrected chi connectivity index (χ2v) is 5.21. The molecule has 6 heteroatoms. The summed E-state index contributed by atoms with van der Waals surface area (Å²) >= 11 is 0. The summed E-state index contributed by atoms with van der Waals surface area (Å²) in [4.78, 5) is 27.9. The molecule has 6 nitrogen and oxygen atoms in total. The van der Waals surface area contributed by atoms with Gasteiger partial charge in [-0.3, -0.25) is 4.79 Å². The molecular weight excluding hydrogens is 284 g/mol. The van der Waals surface area contributed by atoms with Crippen LogP contribution in [0.25, 0.3) is 0 Å². The van der Waals surface area contributed by atoms with E-state index in [0.717, 1.165) is 5.69 Å². The van der Waals surface area contributed by atoms with E-state index in [1.54, 1.807) is 0 Å². The lowest BCUT2D eigenvalue weighted by Crippen LogP contribution is -2.47. The Hall–Kier alpha value is -2.08. The highest BCUT2D eigenvalue weighted by Gasteiger charge is 2.32. The molecule has 22 heavy (non-hydrogen) atoms. The van der Waals surface area contributed by atoms with Crippen LogP contribution in [0.2, 0.25) is 0 Å². The first-order valence-electron chi connectivity index (χ1n) is 7.45. The summed E-state index contributed by atoms with van der Waals surface area (Å²) in [6, 6.07) is 9.18. The number of rotatable bonds is 5. The van der Waals surface area contributed by atoms with E-state index in [9.17, 15) is 9.59 Å². The SMILES string of the molecule is COC(=O)[C@H](CCO)N1CCN(c2ccccc2)CCC1=O. The monoisotopic (exact) mass is 306 g/mol. The van der Waals surface area contributed by atoms with Crippen LogP contribution in [0.3, 0.4) is 0 Å². The van der Waals surface area contributed by atoms with Crippen molar-refractivity contribution in [2.24, 2.45) is 0 Å². The van der Waals surface area contributed by atoms with Crippen LogP contribution in [0.1, 0.15) is 12.8 Å². The number of para-hydroxylation sites is 1. The van der Waals surface area contributed by atoms with E-state index in [1.807, 2.05) is 30.3 Å². The molecule has 1 aromatic carbocycles. The van der Waals surface area contributed by atoms with Crippen molar-refractivity contribution in [2.75, 3.05) is 38.3 Å². The van der Waals surface area contributed by atoms with Gasteiger partial charge < -0.3 is 19.6 Å². The maximum absolute atomic E-state index is 12.3. The minimum absolute atomic E-state index is 0.0812. The zero-order valence-electron chi connectivity index (χ0n) is 12.8. The molecular formula is C16H22N2O4. The number of carbonyl (C=O) groups is 2. The van der Waals surface area contributed by atoms with Crippen LogP contribution in [0.5, 0.6) is 0 Å². The van der Waals surface area contributed by atoms with Gasteiger partial charge >= 0.3 is 5.97 Å². The maximum atomic E-state index is 12.3. The third kappa shape index (κ3) is 3.76. The summed E-state index contributed by atoms with van der Waals surface area (Å²) < 4.78 is 4.76. The molecule has 2 rings (SSSR count). The fourth-order valence-corrected chi connectivity index (χ4v) is 2.73. The third-order valence-corrected chi connectivity index (χ3v) is 3.90. The quantitative estimate of drug-likeness (QED) is 0.809. The van der Waals surface area contributed by atoms with E-state index in [-0.39, 0.29) is 18.9 Å². The highest BCUT2D eigenvalue weighted by molar-refractivity contribution is 5.85. The maximum Gasteiger partial charge on any atom is 0.328 e. The highest BCUT2D eigenvalue weighted by Crippen LogP contribution is 2.18. The second-order valence-electron chi connectivity index (χ2n) is 5.21. The molecule has 0 aromatic heterocycles. The Balaban J connectivity index is 2.11. The number of amides is 1. The second kappa shape index (κ2) is 7.79. The van der Waals surface area contributed by atoms with E-state index in [2.05, 4.69) is 4.90 Å². The Morgan fingerprint density at radius 3 is 2.64 bits per heavy atom. The molecule has 0 aliphatic carbocycles. The summed E-state index contributed by atoms with van der Waals surface area (Å²) in [6.07, 6.45) is 0.539. The Kier molecular flexibility index (Phi) is 5.77. The molecule has 1 aliphatic rings. The van der Waals surface area contributed by atoms with E-state index in [0.29, 0.717) is 26.1 Å². The molecule has 1 saturated heterocycles. The summed E-state index contributed by atoms with van der Waals surface area (Å²) in [5, 5.41) is 9.14. The van der Waals surface area contributed by atoms with E-state index in [4.69, 9.17) is 9.84 Å². The molecule has 0 bridgehead atoms. The Morgan fingerprint density at radius 2 is 2.00 bits per heavy atom. The molecule has 0 saturated carbocycles.